The maximum atomic E-state index is 13.9. The molecule has 1 amide bonds. The number of carbonyl (C=O) groups is 2. The van der Waals surface area contributed by atoms with Gasteiger partial charge in [0.2, 0.25) is 5.78 Å². The number of aliphatic hydroxyl groups is 1. The van der Waals surface area contributed by atoms with E-state index >= 15 is 0 Å². The van der Waals surface area contributed by atoms with Crippen molar-refractivity contribution in [1.82, 2.24) is 4.90 Å². The fourth-order valence-corrected chi connectivity index (χ4v) is 4.91. The number of hydrogen-bond acceptors (Lipinski definition) is 8. The minimum absolute atomic E-state index is 0.0229. The van der Waals surface area contributed by atoms with Crippen molar-refractivity contribution in [1.29, 1.82) is 0 Å². The highest BCUT2D eigenvalue weighted by atomic mass is 16.5. The zero-order chi connectivity index (χ0) is 28.9. The van der Waals surface area contributed by atoms with Crippen LogP contribution in [0.25, 0.3) is 11.0 Å². The van der Waals surface area contributed by atoms with Crippen molar-refractivity contribution in [3.63, 3.8) is 0 Å². The lowest BCUT2D eigenvalue weighted by molar-refractivity contribution is -0.130. The number of hydrogen-bond donors (Lipinski definition) is 1. The summed E-state index contributed by atoms with van der Waals surface area (Å²) in [7, 11) is 3.03. The SMILES string of the molecule is CCOc1cc(C2C(C(=O)c3cc4cccc(OC)c4o3)=C(O)C(=O)N2CCOC)ccc1OCc1ccccc1. The Balaban J connectivity index is 1.54. The Morgan fingerprint density at radius 2 is 1.76 bits per heavy atom. The van der Waals surface area contributed by atoms with Gasteiger partial charge in [0.1, 0.15) is 6.61 Å². The van der Waals surface area contributed by atoms with Crippen LogP contribution in [0.3, 0.4) is 0 Å². The van der Waals surface area contributed by atoms with Gasteiger partial charge in [0.15, 0.2) is 34.4 Å². The first-order valence-electron chi connectivity index (χ1n) is 13.2. The zero-order valence-corrected chi connectivity index (χ0v) is 23.1. The van der Waals surface area contributed by atoms with Gasteiger partial charge in [-0.05, 0) is 42.3 Å². The Labute approximate surface area is 237 Å². The Bertz CT molecular complexity index is 1590. The van der Waals surface area contributed by atoms with Gasteiger partial charge in [0.25, 0.3) is 5.91 Å². The summed E-state index contributed by atoms with van der Waals surface area (Å²) in [6, 6.07) is 20.9. The summed E-state index contributed by atoms with van der Waals surface area (Å²) in [4.78, 5) is 28.6. The van der Waals surface area contributed by atoms with Crippen molar-refractivity contribution in [2.45, 2.75) is 19.6 Å². The van der Waals surface area contributed by atoms with Crippen LogP contribution in [-0.2, 0) is 16.1 Å². The molecule has 1 aromatic heterocycles. The van der Waals surface area contributed by atoms with E-state index in [2.05, 4.69) is 0 Å². The molecule has 0 saturated heterocycles. The van der Waals surface area contributed by atoms with Crippen LogP contribution >= 0.6 is 0 Å². The van der Waals surface area contributed by atoms with Gasteiger partial charge in [-0.25, -0.2) is 0 Å². The first-order valence-corrected chi connectivity index (χ1v) is 13.2. The maximum Gasteiger partial charge on any atom is 0.290 e. The van der Waals surface area contributed by atoms with Crippen LogP contribution in [0, 0.1) is 0 Å². The number of ether oxygens (including phenoxy) is 4. The Morgan fingerprint density at radius 1 is 0.951 bits per heavy atom. The van der Waals surface area contributed by atoms with E-state index in [0.29, 0.717) is 47.0 Å². The summed E-state index contributed by atoms with van der Waals surface area (Å²) < 4.78 is 28.4. The molecule has 9 heteroatoms. The topological polar surface area (TPSA) is 108 Å². The molecule has 0 saturated carbocycles. The zero-order valence-electron chi connectivity index (χ0n) is 23.1. The molecule has 1 N–H and O–H groups in total. The number of fused-ring (bicyclic) bond motifs is 1. The van der Waals surface area contributed by atoms with Crippen molar-refractivity contribution in [2.24, 2.45) is 0 Å². The Hall–Kier alpha value is -4.76. The number of furan rings is 1. The molecule has 0 bridgehead atoms. The molecule has 1 aliphatic rings. The highest BCUT2D eigenvalue weighted by Crippen LogP contribution is 2.42. The first-order chi connectivity index (χ1) is 20.0. The average molecular weight is 558 g/mol. The van der Waals surface area contributed by atoms with Crippen LogP contribution in [0.5, 0.6) is 17.2 Å². The fraction of sp³-hybridized carbons (Fsp3) is 0.250. The number of methoxy groups -OCH3 is 2. The maximum absolute atomic E-state index is 13.9. The Morgan fingerprint density at radius 3 is 2.49 bits per heavy atom. The number of carbonyl (C=O) groups excluding carboxylic acids is 2. The van der Waals surface area contributed by atoms with E-state index in [1.807, 2.05) is 37.3 Å². The largest absolute Gasteiger partial charge is 0.503 e. The molecule has 1 atom stereocenters. The van der Waals surface area contributed by atoms with Crippen molar-refractivity contribution in [3.05, 3.63) is 101 Å². The smallest absolute Gasteiger partial charge is 0.290 e. The molecule has 2 heterocycles. The molecule has 1 aliphatic heterocycles. The molecule has 0 fully saturated rings. The second kappa shape index (κ2) is 12.2. The third-order valence-electron chi connectivity index (χ3n) is 6.86. The quantitative estimate of drug-likeness (QED) is 0.223. The molecule has 0 aliphatic carbocycles. The van der Waals surface area contributed by atoms with E-state index in [-0.39, 0.29) is 24.5 Å². The first kappa shape index (κ1) is 27.8. The number of benzene rings is 3. The number of amides is 1. The van der Waals surface area contributed by atoms with Gasteiger partial charge < -0.3 is 33.4 Å². The minimum atomic E-state index is -0.914. The molecule has 212 valence electrons. The summed E-state index contributed by atoms with van der Waals surface area (Å²) in [5, 5.41) is 11.7. The van der Waals surface area contributed by atoms with Crippen molar-refractivity contribution < 1.29 is 38.1 Å². The van der Waals surface area contributed by atoms with E-state index < -0.39 is 23.5 Å². The van der Waals surface area contributed by atoms with Gasteiger partial charge in [-0.1, -0.05) is 48.5 Å². The van der Waals surface area contributed by atoms with Gasteiger partial charge in [-0.15, -0.1) is 0 Å². The molecule has 9 nitrogen and oxygen atoms in total. The Kier molecular flexibility index (Phi) is 8.26. The predicted molar refractivity (Wildman–Crippen MR) is 151 cm³/mol. The summed E-state index contributed by atoms with van der Waals surface area (Å²) in [6.45, 7) is 2.91. The monoisotopic (exact) mass is 557 g/mol. The molecule has 1 unspecified atom stereocenters. The minimum Gasteiger partial charge on any atom is -0.503 e. The molecule has 5 rings (SSSR count). The van der Waals surface area contributed by atoms with Crippen LogP contribution in [-0.4, -0.2) is 55.7 Å². The average Bonchev–Trinajstić information content (AvgIpc) is 3.54. The lowest BCUT2D eigenvalue weighted by atomic mass is 9.94. The molecule has 0 radical (unpaired) electrons. The van der Waals surface area contributed by atoms with E-state index in [9.17, 15) is 14.7 Å². The van der Waals surface area contributed by atoms with Gasteiger partial charge in [-0.2, -0.15) is 0 Å². The molecule has 0 spiro atoms. The number of rotatable bonds is 12. The van der Waals surface area contributed by atoms with Crippen molar-refractivity contribution >= 4 is 22.7 Å². The highest BCUT2D eigenvalue weighted by molar-refractivity contribution is 6.16. The van der Waals surface area contributed by atoms with E-state index in [4.69, 9.17) is 23.4 Å². The van der Waals surface area contributed by atoms with Gasteiger partial charge in [0.05, 0.1) is 31.9 Å². The number of nitrogens with zero attached hydrogens (tertiary/aromatic N) is 1. The van der Waals surface area contributed by atoms with Crippen molar-refractivity contribution in [3.8, 4) is 17.2 Å². The molecule has 41 heavy (non-hydrogen) atoms. The fourth-order valence-electron chi connectivity index (χ4n) is 4.91. The summed E-state index contributed by atoms with van der Waals surface area (Å²) >= 11 is 0. The second-order valence-electron chi connectivity index (χ2n) is 9.39. The third kappa shape index (κ3) is 5.49. The lowest BCUT2D eigenvalue weighted by Gasteiger charge is -2.27. The summed E-state index contributed by atoms with van der Waals surface area (Å²) in [5.74, 6) is -0.513. The number of ketones is 1. The van der Waals surface area contributed by atoms with Crippen LogP contribution in [0.2, 0.25) is 0 Å². The van der Waals surface area contributed by atoms with E-state index in [1.165, 1.54) is 19.1 Å². The predicted octanol–water partition coefficient (Wildman–Crippen LogP) is 5.64. The van der Waals surface area contributed by atoms with Gasteiger partial charge in [-0.3, -0.25) is 9.59 Å². The van der Waals surface area contributed by atoms with Crippen LogP contribution in [0.4, 0.5) is 0 Å². The lowest BCUT2D eigenvalue weighted by Crippen LogP contribution is -2.34. The van der Waals surface area contributed by atoms with E-state index in [1.54, 1.807) is 42.5 Å². The highest BCUT2D eigenvalue weighted by Gasteiger charge is 2.44. The van der Waals surface area contributed by atoms with Gasteiger partial charge in [0, 0.05) is 19.0 Å². The second-order valence-corrected chi connectivity index (χ2v) is 9.39. The normalized spacial score (nSPS) is 15.0. The summed E-state index contributed by atoms with van der Waals surface area (Å²) in [6.07, 6.45) is 0. The van der Waals surface area contributed by atoms with Crippen LogP contribution < -0.4 is 14.2 Å². The van der Waals surface area contributed by atoms with Crippen LogP contribution in [0.15, 0.2) is 88.5 Å². The number of Topliss-reactive ketones (excluding diaryl/α,β-unsaturated/α-hetero) is 1. The molecular weight excluding hydrogens is 526 g/mol. The molecule has 4 aromatic rings. The number of para-hydroxylation sites is 1. The molecular formula is C32H31NO8. The van der Waals surface area contributed by atoms with E-state index in [0.717, 1.165) is 5.56 Å². The third-order valence-corrected chi connectivity index (χ3v) is 6.86. The standard InChI is InChI=1S/C32H31NO8/c1-4-39-25-17-21(13-14-23(25)40-19-20-9-6-5-7-10-20)28-27(30(35)32(36)33(28)15-16-37-2)29(34)26-18-22-11-8-12-24(38-3)31(22)41-26/h5-14,17-18,28,35H,4,15-16,19H2,1-3H3. The summed E-state index contributed by atoms with van der Waals surface area (Å²) in [5.41, 5.74) is 1.86. The van der Waals surface area contributed by atoms with Gasteiger partial charge >= 0.3 is 0 Å². The van der Waals surface area contributed by atoms with Crippen LogP contribution in [0.1, 0.15) is 34.6 Å². The van der Waals surface area contributed by atoms with Crippen molar-refractivity contribution in [2.75, 3.05) is 34.0 Å². The number of aliphatic hydroxyl groups excluding tert-OH is 1. The molecule has 3 aromatic carbocycles.